The van der Waals surface area contributed by atoms with Gasteiger partial charge in [-0.05, 0) is 16.6 Å². The Morgan fingerprint density at radius 2 is 2.37 bits per heavy atom. The van der Waals surface area contributed by atoms with Gasteiger partial charge in [-0.25, -0.2) is 4.68 Å². The molecule has 0 saturated heterocycles. The molecule has 1 rings (SSSR count). The monoisotopic (exact) mass is 268 g/mol. The van der Waals surface area contributed by atoms with Gasteiger partial charge in [0.1, 0.15) is 26.0 Å². The van der Waals surface area contributed by atoms with Crippen molar-refractivity contribution in [2.75, 3.05) is 13.2 Å². The minimum absolute atomic E-state index is 0.221. The van der Waals surface area contributed by atoms with Crippen molar-refractivity contribution in [3.63, 3.8) is 0 Å². The van der Waals surface area contributed by atoms with Crippen LogP contribution in [0, 0.1) is 6.61 Å². The van der Waals surface area contributed by atoms with Crippen LogP contribution in [0.1, 0.15) is 19.3 Å². The maximum absolute atomic E-state index is 11.3. The predicted octanol–water partition coefficient (Wildman–Crippen LogP) is 0.0374. The van der Waals surface area contributed by atoms with E-state index in [0.29, 0.717) is 13.2 Å². The summed E-state index contributed by atoms with van der Waals surface area (Å²) in [5.74, 6) is -0.302. The summed E-state index contributed by atoms with van der Waals surface area (Å²) in [6.07, 6.45) is 6.61. The molecule has 0 unspecified atom stereocenters. The Labute approximate surface area is 111 Å². The van der Waals surface area contributed by atoms with Gasteiger partial charge in [0.05, 0.1) is 13.0 Å². The Morgan fingerprint density at radius 1 is 1.47 bits per heavy atom. The average molecular weight is 268 g/mol. The smallest absolute Gasteiger partial charge is 0.308 e. The lowest BCUT2D eigenvalue weighted by Crippen LogP contribution is -2.13. The minimum Gasteiger partial charge on any atom is -0.464 e. The fraction of sp³-hybridized carbons (Fsp3) is 0.545. The zero-order chi connectivity index (χ0) is 13.8. The second-order valence-corrected chi connectivity index (χ2v) is 3.59. The first-order valence-corrected chi connectivity index (χ1v) is 5.99. The van der Waals surface area contributed by atoms with E-state index in [9.17, 15) is 4.79 Å². The molecule has 0 fully saturated rings. The molecule has 0 bridgehead atoms. The van der Waals surface area contributed by atoms with Crippen LogP contribution in [0.5, 0.6) is 0 Å². The molecule has 8 heteroatoms. The third-order valence-corrected chi connectivity index (χ3v) is 2.10. The summed E-state index contributed by atoms with van der Waals surface area (Å²) in [4.78, 5) is 11.3. The van der Waals surface area contributed by atoms with Gasteiger partial charge in [0.2, 0.25) is 6.61 Å². The first kappa shape index (κ1) is 15.0. The number of allylic oxidation sites excluding steroid dienone is 1. The second kappa shape index (κ2) is 9.89. The van der Waals surface area contributed by atoms with Crippen molar-refractivity contribution in [2.45, 2.75) is 25.8 Å². The van der Waals surface area contributed by atoms with Gasteiger partial charge in [0.25, 0.3) is 0 Å². The maximum Gasteiger partial charge on any atom is 0.308 e. The Balaban J connectivity index is 1.90. The number of hydrogen-bond acceptors (Lipinski definition) is 7. The van der Waals surface area contributed by atoms with E-state index in [0.717, 1.165) is 12.8 Å². The molecular weight excluding hydrogens is 250 g/mol. The van der Waals surface area contributed by atoms with E-state index in [2.05, 4.69) is 15.5 Å². The van der Waals surface area contributed by atoms with E-state index >= 15 is 0 Å². The van der Waals surface area contributed by atoms with Gasteiger partial charge in [-0.15, -0.1) is 5.10 Å². The zero-order valence-electron chi connectivity index (χ0n) is 10.6. The molecule has 8 nitrogen and oxygen atoms in total. The highest BCUT2D eigenvalue weighted by molar-refractivity contribution is 5.69. The number of ether oxygens (including phenoxy) is 2. The van der Waals surface area contributed by atoms with Crippen LogP contribution in [0.15, 0.2) is 18.6 Å². The van der Waals surface area contributed by atoms with E-state index in [-0.39, 0.29) is 19.0 Å². The number of nitrogens with two attached hydrogens (primary N) is 1. The molecule has 0 atom stereocenters. The Hall–Kier alpha value is -2.09. The molecule has 0 radical (unpaired) electrons. The molecular formula is C11H18N5O3+. The Morgan fingerprint density at radius 3 is 3.11 bits per heavy atom. The fourth-order valence-electron chi connectivity index (χ4n) is 1.18. The van der Waals surface area contributed by atoms with E-state index < -0.39 is 0 Å². The molecule has 0 aliphatic heterocycles. The standard InChI is InChI=1S/C11H18N5O3/c12-5-2-1-3-7-18-8-4-11(17)19-9-6-16-10-13-14-15-16/h2,5,7,10H,1,3-4,6,8-9,12H2/q+1/b5-2-. The zero-order valence-corrected chi connectivity index (χ0v) is 10.6. The van der Waals surface area contributed by atoms with E-state index in [1.54, 1.807) is 6.61 Å². The number of carbonyl (C=O) groups is 1. The van der Waals surface area contributed by atoms with Gasteiger partial charge in [-0.3, -0.25) is 4.79 Å². The number of nitrogens with zero attached hydrogens (tertiary/aromatic N) is 4. The van der Waals surface area contributed by atoms with Crippen LogP contribution in [0.2, 0.25) is 0 Å². The molecule has 19 heavy (non-hydrogen) atoms. The van der Waals surface area contributed by atoms with Crippen LogP contribution in [0.3, 0.4) is 0 Å². The normalized spacial score (nSPS) is 10.7. The first-order chi connectivity index (χ1) is 9.33. The minimum atomic E-state index is -0.302. The predicted molar refractivity (Wildman–Crippen MR) is 66.2 cm³/mol. The van der Waals surface area contributed by atoms with Crippen LogP contribution in [0.25, 0.3) is 0 Å². The lowest BCUT2D eigenvalue weighted by Gasteiger charge is -2.02. The summed E-state index contributed by atoms with van der Waals surface area (Å²) in [6.45, 7) is 2.66. The molecule has 1 aromatic heterocycles. The number of aromatic nitrogens is 4. The van der Waals surface area contributed by atoms with Gasteiger partial charge in [-0.1, -0.05) is 6.08 Å². The summed E-state index contributed by atoms with van der Waals surface area (Å²) in [5, 5.41) is 10.6. The van der Waals surface area contributed by atoms with Gasteiger partial charge in [-0.2, -0.15) is 4.74 Å². The Kier molecular flexibility index (Phi) is 7.79. The molecule has 1 aromatic rings. The van der Waals surface area contributed by atoms with Gasteiger partial charge in [0.15, 0.2) is 0 Å². The number of carbonyl (C=O) groups excluding carboxylic acids is 1. The van der Waals surface area contributed by atoms with E-state index in [4.69, 9.17) is 15.2 Å². The highest BCUT2D eigenvalue weighted by Crippen LogP contribution is 1.98. The third-order valence-electron chi connectivity index (χ3n) is 2.10. The van der Waals surface area contributed by atoms with Gasteiger partial charge < -0.3 is 10.5 Å². The highest BCUT2D eigenvalue weighted by atomic mass is 16.5. The summed E-state index contributed by atoms with van der Waals surface area (Å²) in [5.41, 5.74) is 5.18. The van der Waals surface area contributed by atoms with Crippen molar-refractivity contribution in [2.24, 2.45) is 5.73 Å². The topological polar surface area (TPSA) is 105 Å². The van der Waals surface area contributed by atoms with Crippen LogP contribution >= 0.6 is 0 Å². The molecule has 0 aliphatic rings. The molecule has 0 aromatic carbocycles. The number of tetrazole rings is 1. The Bertz CT molecular complexity index is 366. The summed E-state index contributed by atoms with van der Waals surface area (Å²) < 4.78 is 11.6. The molecule has 0 spiro atoms. The SMILES string of the molecule is N/C=C\CC[CH+]OCCC(=O)OCCn1cnnn1. The summed E-state index contributed by atoms with van der Waals surface area (Å²) in [7, 11) is 0. The average Bonchev–Trinajstić information content (AvgIpc) is 2.91. The van der Waals surface area contributed by atoms with Crippen LogP contribution in [-0.4, -0.2) is 39.4 Å². The molecule has 0 saturated carbocycles. The third kappa shape index (κ3) is 7.77. The summed E-state index contributed by atoms with van der Waals surface area (Å²) in [6, 6.07) is 0. The molecule has 0 amide bonds. The molecule has 2 N–H and O–H groups in total. The first-order valence-electron chi connectivity index (χ1n) is 5.99. The van der Waals surface area contributed by atoms with Crippen LogP contribution < -0.4 is 5.73 Å². The van der Waals surface area contributed by atoms with E-state index in [1.807, 2.05) is 6.08 Å². The van der Waals surface area contributed by atoms with Crippen molar-refractivity contribution >= 4 is 5.97 Å². The van der Waals surface area contributed by atoms with Gasteiger partial charge >= 0.3 is 5.97 Å². The number of rotatable bonds is 10. The maximum atomic E-state index is 11.3. The van der Waals surface area contributed by atoms with E-state index in [1.165, 1.54) is 17.2 Å². The quantitative estimate of drug-likeness (QED) is 0.363. The highest BCUT2D eigenvalue weighted by Gasteiger charge is 2.06. The second-order valence-electron chi connectivity index (χ2n) is 3.59. The number of hydrogen-bond donors (Lipinski definition) is 1. The number of unbranched alkanes of at least 4 members (excludes halogenated alkanes) is 1. The number of esters is 1. The van der Waals surface area contributed by atoms with Crippen molar-refractivity contribution < 1.29 is 14.3 Å². The lowest BCUT2D eigenvalue weighted by atomic mass is 10.3. The molecule has 1 heterocycles. The van der Waals surface area contributed by atoms with Gasteiger partial charge in [0, 0.05) is 6.42 Å². The fourth-order valence-corrected chi connectivity index (χ4v) is 1.18. The molecule has 104 valence electrons. The van der Waals surface area contributed by atoms with Crippen molar-refractivity contribution in [3.05, 3.63) is 25.2 Å². The molecule has 0 aliphatic carbocycles. The van der Waals surface area contributed by atoms with Crippen molar-refractivity contribution in [3.8, 4) is 0 Å². The lowest BCUT2D eigenvalue weighted by molar-refractivity contribution is -0.144. The summed E-state index contributed by atoms with van der Waals surface area (Å²) >= 11 is 0. The van der Waals surface area contributed by atoms with Crippen molar-refractivity contribution in [1.29, 1.82) is 0 Å². The largest absolute Gasteiger partial charge is 0.464 e. The van der Waals surface area contributed by atoms with Crippen LogP contribution in [0.4, 0.5) is 0 Å². The van der Waals surface area contributed by atoms with Crippen LogP contribution in [-0.2, 0) is 20.8 Å². The van der Waals surface area contributed by atoms with Crippen molar-refractivity contribution in [1.82, 2.24) is 20.2 Å².